The van der Waals surface area contributed by atoms with Gasteiger partial charge in [-0.3, -0.25) is 0 Å². The second-order valence-electron chi connectivity index (χ2n) is 3.13. The van der Waals surface area contributed by atoms with Crippen LogP contribution < -0.4 is 0 Å². The number of aliphatic hydroxyl groups is 3. The lowest BCUT2D eigenvalue weighted by molar-refractivity contribution is -0.0771. The van der Waals surface area contributed by atoms with Crippen molar-refractivity contribution in [3.63, 3.8) is 0 Å². The Labute approximate surface area is 60.3 Å². The number of hydrogen-bond donors (Lipinski definition) is 3. The highest BCUT2D eigenvalue weighted by Crippen LogP contribution is 2.27. The van der Waals surface area contributed by atoms with Crippen molar-refractivity contribution in [3.8, 4) is 0 Å². The molecule has 1 aliphatic rings. The zero-order chi connectivity index (χ0) is 7.61. The molecule has 1 fully saturated rings. The Morgan fingerprint density at radius 3 is 2.60 bits per heavy atom. The van der Waals surface area contributed by atoms with Gasteiger partial charge in [0.2, 0.25) is 0 Å². The Balaban J connectivity index is 2.45. The van der Waals surface area contributed by atoms with Gasteiger partial charge in [0.05, 0.1) is 18.3 Å². The van der Waals surface area contributed by atoms with E-state index < -0.39 is 11.7 Å². The standard InChI is InChI=1S/C7H14O3/c8-5-7(10)3-1-2-6(9)4-7/h6,8-10H,1-5H2/t6-,7-/m1/s1. The van der Waals surface area contributed by atoms with E-state index in [0.29, 0.717) is 12.8 Å². The Bertz CT molecular complexity index is 115. The minimum absolute atomic E-state index is 0.232. The summed E-state index contributed by atoms with van der Waals surface area (Å²) in [6, 6.07) is 0. The van der Waals surface area contributed by atoms with Gasteiger partial charge in [0.15, 0.2) is 0 Å². The summed E-state index contributed by atoms with van der Waals surface area (Å²) in [5.41, 5.74) is -1.00. The third-order valence-electron chi connectivity index (χ3n) is 2.09. The van der Waals surface area contributed by atoms with Gasteiger partial charge in [0.25, 0.3) is 0 Å². The van der Waals surface area contributed by atoms with Crippen molar-refractivity contribution < 1.29 is 15.3 Å². The molecule has 0 amide bonds. The molecule has 60 valence electrons. The number of aliphatic hydroxyl groups excluding tert-OH is 2. The van der Waals surface area contributed by atoms with Gasteiger partial charge >= 0.3 is 0 Å². The summed E-state index contributed by atoms with van der Waals surface area (Å²) in [4.78, 5) is 0. The zero-order valence-electron chi connectivity index (χ0n) is 5.95. The maximum atomic E-state index is 9.44. The Hall–Kier alpha value is -0.120. The van der Waals surface area contributed by atoms with Gasteiger partial charge in [-0.2, -0.15) is 0 Å². The molecule has 1 rings (SSSR count). The first kappa shape index (κ1) is 7.98. The van der Waals surface area contributed by atoms with Crippen molar-refractivity contribution in [1.29, 1.82) is 0 Å². The van der Waals surface area contributed by atoms with E-state index >= 15 is 0 Å². The Kier molecular flexibility index (Phi) is 2.28. The number of rotatable bonds is 1. The van der Waals surface area contributed by atoms with Crippen molar-refractivity contribution in [3.05, 3.63) is 0 Å². The van der Waals surface area contributed by atoms with Gasteiger partial charge < -0.3 is 15.3 Å². The van der Waals surface area contributed by atoms with Gasteiger partial charge in [-0.25, -0.2) is 0 Å². The quantitative estimate of drug-likeness (QED) is 0.473. The fourth-order valence-corrected chi connectivity index (χ4v) is 1.45. The lowest BCUT2D eigenvalue weighted by Gasteiger charge is -2.32. The topological polar surface area (TPSA) is 60.7 Å². The minimum atomic E-state index is -1.00. The van der Waals surface area contributed by atoms with Gasteiger partial charge in [-0.15, -0.1) is 0 Å². The van der Waals surface area contributed by atoms with Crippen LogP contribution >= 0.6 is 0 Å². The maximum Gasteiger partial charge on any atom is 0.0902 e. The molecular weight excluding hydrogens is 132 g/mol. The largest absolute Gasteiger partial charge is 0.393 e. The molecule has 3 heteroatoms. The highest BCUT2D eigenvalue weighted by Gasteiger charge is 2.32. The van der Waals surface area contributed by atoms with E-state index in [1.165, 1.54) is 0 Å². The molecule has 0 spiro atoms. The molecule has 0 radical (unpaired) electrons. The van der Waals surface area contributed by atoms with Crippen LogP contribution in [0.2, 0.25) is 0 Å². The van der Waals surface area contributed by atoms with E-state index in [4.69, 9.17) is 10.2 Å². The fourth-order valence-electron chi connectivity index (χ4n) is 1.45. The normalized spacial score (nSPS) is 41.7. The zero-order valence-corrected chi connectivity index (χ0v) is 5.95. The molecule has 1 saturated carbocycles. The Morgan fingerprint density at radius 1 is 1.50 bits per heavy atom. The second kappa shape index (κ2) is 2.86. The molecule has 0 aromatic rings. The summed E-state index contributed by atoms with van der Waals surface area (Å²) >= 11 is 0. The SMILES string of the molecule is OC[C@@]1(O)CCC[C@@H](O)C1. The Morgan fingerprint density at radius 2 is 2.20 bits per heavy atom. The third kappa shape index (κ3) is 1.68. The van der Waals surface area contributed by atoms with Crippen molar-refractivity contribution in [1.82, 2.24) is 0 Å². The lowest BCUT2D eigenvalue weighted by atomic mass is 9.84. The highest BCUT2D eigenvalue weighted by molar-refractivity contribution is 4.85. The molecule has 0 bridgehead atoms. The van der Waals surface area contributed by atoms with Gasteiger partial charge in [-0.05, 0) is 19.3 Å². The van der Waals surface area contributed by atoms with Crippen LogP contribution in [-0.4, -0.2) is 33.6 Å². The van der Waals surface area contributed by atoms with E-state index in [1.54, 1.807) is 0 Å². The molecule has 3 N–H and O–H groups in total. The first-order valence-corrected chi connectivity index (χ1v) is 3.68. The summed E-state index contributed by atoms with van der Waals surface area (Å²) in [6.07, 6.45) is 2.07. The summed E-state index contributed by atoms with van der Waals surface area (Å²) in [6.45, 7) is -0.232. The first-order chi connectivity index (χ1) is 4.66. The summed E-state index contributed by atoms with van der Waals surface area (Å²) in [5, 5.41) is 27.3. The summed E-state index contributed by atoms with van der Waals surface area (Å²) in [7, 11) is 0. The molecular formula is C7H14O3. The predicted octanol–water partition coefficient (Wildman–Crippen LogP) is -0.355. The van der Waals surface area contributed by atoms with Gasteiger partial charge in [0, 0.05) is 6.42 Å². The van der Waals surface area contributed by atoms with Crippen LogP contribution in [0.3, 0.4) is 0 Å². The molecule has 1 aliphatic carbocycles. The van der Waals surface area contributed by atoms with E-state index in [2.05, 4.69) is 0 Å². The van der Waals surface area contributed by atoms with Crippen LogP contribution in [0.25, 0.3) is 0 Å². The van der Waals surface area contributed by atoms with Crippen LogP contribution in [0.4, 0.5) is 0 Å². The molecule has 0 heterocycles. The third-order valence-corrected chi connectivity index (χ3v) is 2.09. The molecule has 0 aromatic heterocycles. The van der Waals surface area contributed by atoms with Crippen LogP contribution in [0.1, 0.15) is 25.7 Å². The van der Waals surface area contributed by atoms with Crippen molar-refractivity contribution in [2.75, 3.05) is 6.61 Å². The average Bonchev–Trinajstić information content (AvgIpc) is 1.88. The molecule has 0 aromatic carbocycles. The van der Waals surface area contributed by atoms with Gasteiger partial charge in [-0.1, -0.05) is 0 Å². The lowest BCUT2D eigenvalue weighted by Crippen LogP contribution is -2.40. The first-order valence-electron chi connectivity index (χ1n) is 3.68. The second-order valence-corrected chi connectivity index (χ2v) is 3.13. The molecule has 2 atom stereocenters. The monoisotopic (exact) mass is 146 g/mol. The minimum Gasteiger partial charge on any atom is -0.393 e. The average molecular weight is 146 g/mol. The smallest absolute Gasteiger partial charge is 0.0902 e. The van der Waals surface area contributed by atoms with Crippen LogP contribution in [-0.2, 0) is 0 Å². The van der Waals surface area contributed by atoms with E-state index in [-0.39, 0.29) is 6.61 Å². The molecule has 3 nitrogen and oxygen atoms in total. The van der Waals surface area contributed by atoms with E-state index in [0.717, 1.165) is 12.8 Å². The van der Waals surface area contributed by atoms with Crippen LogP contribution in [0.5, 0.6) is 0 Å². The molecule has 0 aliphatic heterocycles. The van der Waals surface area contributed by atoms with Crippen molar-refractivity contribution >= 4 is 0 Å². The van der Waals surface area contributed by atoms with Gasteiger partial charge in [0.1, 0.15) is 0 Å². The van der Waals surface area contributed by atoms with E-state index in [9.17, 15) is 5.11 Å². The maximum absolute atomic E-state index is 9.44. The summed E-state index contributed by atoms with van der Waals surface area (Å²) in [5.74, 6) is 0. The molecule has 10 heavy (non-hydrogen) atoms. The predicted molar refractivity (Wildman–Crippen MR) is 36.5 cm³/mol. The summed E-state index contributed by atoms with van der Waals surface area (Å²) < 4.78 is 0. The van der Waals surface area contributed by atoms with Crippen molar-refractivity contribution in [2.24, 2.45) is 0 Å². The van der Waals surface area contributed by atoms with Crippen LogP contribution in [0.15, 0.2) is 0 Å². The molecule has 0 unspecified atom stereocenters. The molecule has 0 saturated heterocycles. The van der Waals surface area contributed by atoms with E-state index in [1.807, 2.05) is 0 Å². The highest BCUT2D eigenvalue weighted by atomic mass is 16.3. The number of hydrogen-bond acceptors (Lipinski definition) is 3. The van der Waals surface area contributed by atoms with Crippen LogP contribution in [0, 0.1) is 0 Å². The van der Waals surface area contributed by atoms with Crippen molar-refractivity contribution in [2.45, 2.75) is 37.4 Å². The fraction of sp³-hybridized carbons (Fsp3) is 1.00.